The van der Waals surface area contributed by atoms with E-state index in [-0.39, 0.29) is 24.5 Å². The van der Waals surface area contributed by atoms with Crippen molar-refractivity contribution in [3.05, 3.63) is 91.9 Å². The van der Waals surface area contributed by atoms with Gasteiger partial charge < -0.3 is 9.80 Å². The number of anilines is 1. The molecule has 1 aliphatic heterocycles. The Morgan fingerprint density at radius 1 is 0.909 bits per heavy atom. The summed E-state index contributed by atoms with van der Waals surface area (Å²) in [5, 5.41) is 1.90. The lowest BCUT2D eigenvalue weighted by Crippen LogP contribution is -2.51. The summed E-state index contributed by atoms with van der Waals surface area (Å²) in [4.78, 5) is 48.6. The van der Waals surface area contributed by atoms with Gasteiger partial charge in [0.25, 0.3) is 5.56 Å². The molecule has 4 aromatic rings. The van der Waals surface area contributed by atoms with E-state index in [1.54, 1.807) is 17.0 Å². The topological polar surface area (TPSA) is 80.4 Å². The standard InChI is InChI=1S/C24H23N5O3S/c30-21(27-13-11-26(12-14-27)18-6-2-1-3-7-18)17-28-20-9-4-10-25-22(20)23(31)29(24(28)32)16-19-8-5-15-33-19/h1-10,15H,11-14,16-17H2. The molecule has 168 valence electrons. The number of amides is 1. The molecule has 3 aromatic heterocycles. The molecule has 1 aromatic carbocycles. The number of aromatic nitrogens is 3. The smallest absolute Gasteiger partial charge is 0.332 e. The predicted molar refractivity (Wildman–Crippen MR) is 129 cm³/mol. The van der Waals surface area contributed by atoms with Crippen molar-refractivity contribution in [2.24, 2.45) is 0 Å². The molecule has 1 saturated heterocycles. The molecule has 1 amide bonds. The number of pyridine rings is 1. The highest BCUT2D eigenvalue weighted by molar-refractivity contribution is 7.09. The third kappa shape index (κ3) is 4.19. The van der Waals surface area contributed by atoms with Crippen LogP contribution in [0.25, 0.3) is 11.0 Å². The average Bonchev–Trinajstić information content (AvgIpc) is 3.38. The number of benzene rings is 1. The van der Waals surface area contributed by atoms with Crippen molar-refractivity contribution in [3.63, 3.8) is 0 Å². The van der Waals surface area contributed by atoms with E-state index in [9.17, 15) is 14.4 Å². The summed E-state index contributed by atoms with van der Waals surface area (Å²) < 4.78 is 2.55. The normalized spacial score (nSPS) is 14.1. The van der Waals surface area contributed by atoms with E-state index in [0.29, 0.717) is 18.6 Å². The number of hydrogen-bond acceptors (Lipinski definition) is 6. The van der Waals surface area contributed by atoms with Gasteiger partial charge in [-0.05, 0) is 35.7 Å². The van der Waals surface area contributed by atoms with E-state index >= 15 is 0 Å². The molecule has 8 nitrogen and oxygen atoms in total. The van der Waals surface area contributed by atoms with Gasteiger partial charge in [-0.1, -0.05) is 24.3 Å². The number of nitrogens with zero attached hydrogens (tertiary/aromatic N) is 5. The molecule has 0 radical (unpaired) electrons. The highest BCUT2D eigenvalue weighted by Gasteiger charge is 2.23. The summed E-state index contributed by atoms with van der Waals surface area (Å²) in [6.45, 7) is 2.64. The molecule has 33 heavy (non-hydrogen) atoms. The minimum absolute atomic E-state index is 0.128. The van der Waals surface area contributed by atoms with Crippen molar-refractivity contribution in [2.75, 3.05) is 31.1 Å². The fourth-order valence-corrected chi connectivity index (χ4v) is 4.87. The zero-order valence-corrected chi connectivity index (χ0v) is 18.8. The van der Waals surface area contributed by atoms with Gasteiger partial charge in [-0.25, -0.2) is 9.78 Å². The van der Waals surface area contributed by atoms with Crippen molar-refractivity contribution in [1.82, 2.24) is 19.0 Å². The largest absolute Gasteiger partial charge is 0.368 e. The summed E-state index contributed by atoms with van der Waals surface area (Å²) in [7, 11) is 0. The van der Waals surface area contributed by atoms with Crippen LogP contribution in [-0.2, 0) is 17.9 Å². The average molecular weight is 462 g/mol. The van der Waals surface area contributed by atoms with Crippen LogP contribution in [0.1, 0.15) is 4.88 Å². The molecule has 5 rings (SSSR count). The predicted octanol–water partition coefficient (Wildman–Crippen LogP) is 2.02. The Morgan fingerprint density at radius 3 is 2.42 bits per heavy atom. The molecule has 9 heteroatoms. The van der Waals surface area contributed by atoms with Crippen molar-refractivity contribution < 1.29 is 4.79 Å². The van der Waals surface area contributed by atoms with Gasteiger partial charge in [-0.2, -0.15) is 0 Å². The second kappa shape index (κ2) is 9.03. The molecular formula is C24H23N5O3S. The monoisotopic (exact) mass is 461 g/mol. The number of thiophene rings is 1. The fourth-order valence-electron chi connectivity index (χ4n) is 4.18. The molecule has 1 fully saturated rings. The third-order valence-corrected chi connectivity index (χ3v) is 6.79. The van der Waals surface area contributed by atoms with Crippen LogP contribution < -0.4 is 16.1 Å². The number of para-hydroxylation sites is 1. The molecule has 0 N–H and O–H groups in total. The van der Waals surface area contributed by atoms with Gasteiger partial charge >= 0.3 is 5.69 Å². The first-order valence-corrected chi connectivity index (χ1v) is 11.7. The summed E-state index contributed by atoms with van der Waals surface area (Å²) in [5.74, 6) is -0.142. The number of fused-ring (bicyclic) bond motifs is 1. The maximum absolute atomic E-state index is 13.3. The van der Waals surface area contributed by atoms with Gasteiger partial charge in [0.05, 0.1) is 12.1 Å². The van der Waals surface area contributed by atoms with Crippen LogP contribution in [0.3, 0.4) is 0 Å². The van der Waals surface area contributed by atoms with E-state index in [1.165, 1.54) is 26.7 Å². The second-order valence-corrected chi connectivity index (χ2v) is 8.95. The molecule has 0 saturated carbocycles. The number of piperazine rings is 1. The Morgan fingerprint density at radius 2 is 1.70 bits per heavy atom. The Balaban J connectivity index is 1.41. The number of hydrogen-bond donors (Lipinski definition) is 0. The van der Waals surface area contributed by atoms with Crippen LogP contribution in [0.2, 0.25) is 0 Å². The zero-order chi connectivity index (χ0) is 22.8. The highest BCUT2D eigenvalue weighted by Crippen LogP contribution is 2.16. The van der Waals surface area contributed by atoms with Crippen molar-refractivity contribution in [1.29, 1.82) is 0 Å². The van der Waals surface area contributed by atoms with Crippen molar-refractivity contribution in [2.45, 2.75) is 13.1 Å². The maximum Gasteiger partial charge on any atom is 0.332 e. The van der Waals surface area contributed by atoms with E-state index in [0.717, 1.165) is 23.7 Å². The van der Waals surface area contributed by atoms with Gasteiger partial charge in [0.15, 0.2) is 5.52 Å². The Kier molecular flexibility index (Phi) is 5.78. The first-order valence-electron chi connectivity index (χ1n) is 10.8. The first-order chi connectivity index (χ1) is 16.1. The van der Waals surface area contributed by atoms with E-state index in [1.807, 2.05) is 35.7 Å². The lowest BCUT2D eigenvalue weighted by Gasteiger charge is -2.36. The SMILES string of the molecule is O=C(Cn1c(=O)n(Cc2cccs2)c(=O)c2ncccc21)N1CCN(c2ccccc2)CC1. The van der Waals surface area contributed by atoms with Crippen LogP contribution in [0, 0.1) is 0 Å². The molecule has 0 spiro atoms. The van der Waals surface area contributed by atoms with Crippen LogP contribution in [0.4, 0.5) is 5.69 Å². The minimum atomic E-state index is -0.495. The minimum Gasteiger partial charge on any atom is -0.368 e. The lowest BCUT2D eigenvalue weighted by atomic mass is 10.2. The maximum atomic E-state index is 13.3. The summed E-state index contributed by atoms with van der Waals surface area (Å²) in [6.07, 6.45) is 1.53. The number of rotatable bonds is 5. The van der Waals surface area contributed by atoms with Crippen molar-refractivity contribution >= 4 is 34.0 Å². The van der Waals surface area contributed by atoms with Gasteiger partial charge in [0, 0.05) is 42.9 Å². The molecule has 1 aliphatic rings. The van der Waals surface area contributed by atoms with Gasteiger partial charge in [-0.15, -0.1) is 11.3 Å². The van der Waals surface area contributed by atoms with Crippen LogP contribution in [-0.4, -0.2) is 51.1 Å². The van der Waals surface area contributed by atoms with Gasteiger partial charge in [-0.3, -0.25) is 18.7 Å². The van der Waals surface area contributed by atoms with Crippen LogP contribution >= 0.6 is 11.3 Å². The molecule has 0 aliphatic carbocycles. The highest BCUT2D eigenvalue weighted by atomic mass is 32.1. The Bertz CT molecular complexity index is 1390. The molecule has 4 heterocycles. The summed E-state index contributed by atoms with van der Waals surface area (Å²) in [6, 6.07) is 17.2. The van der Waals surface area contributed by atoms with Crippen molar-refractivity contribution in [3.8, 4) is 0 Å². The summed E-state index contributed by atoms with van der Waals surface area (Å²) >= 11 is 1.47. The quantitative estimate of drug-likeness (QED) is 0.454. The Labute approximate surface area is 193 Å². The fraction of sp³-hybridized carbons (Fsp3) is 0.250. The first kappa shape index (κ1) is 21.1. The van der Waals surface area contributed by atoms with E-state index < -0.39 is 11.2 Å². The van der Waals surface area contributed by atoms with E-state index in [2.05, 4.69) is 22.0 Å². The van der Waals surface area contributed by atoms with Crippen LogP contribution in [0.15, 0.2) is 75.8 Å². The van der Waals surface area contributed by atoms with E-state index in [4.69, 9.17) is 0 Å². The third-order valence-electron chi connectivity index (χ3n) is 5.93. The summed E-state index contributed by atoms with van der Waals surface area (Å²) in [5.41, 5.74) is 0.773. The lowest BCUT2D eigenvalue weighted by molar-refractivity contribution is -0.132. The molecule has 0 bridgehead atoms. The Hall–Kier alpha value is -3.72. The van der Waals surface area contributed by atoms with Gasteiger partial charge in [0.1, 0.15) is 6.54 Å². The van der Waals surface area contributed by atoms with Gasteiger partial charge in [0.2, 0.25) is 5.91 Å². The number of carbonyl (C=O) groups is 1. The zero-order valence-electron chi connectivity index (χ0n) is 18.0. The second-order valence-electron chi connectivity index (χ2n) is 7.91. The van der Waals surface area contributed by atoms with Crippen LogP contribution in [0.5, 0.6) is 0 Å². The molecule has 0 atom stereocenters. The number of carbonyl (C=O) groups excluding carboxylic acids is 1. The molecular weight excluding hydrogens is 438 g/mol. The molecule has 0 unspecified atom stereocenters.